The molecule has 1 amide bonds. The zero-order chi connectivity index (χ0) is 12.5. The monoisotopic (exact) mass is 242 g/mol. The van der Waals surface area contributed by atoms with Crippen LogP contribution in [0, 0.1) is 5.82 Å². The number of anilines is 1. The molecule has 90 valence electrons. The first-order valence-electron chi connectivity index (χ1n) is 5.74. The zero-order valence-electron chi connectivity index (χ0n) is 9.64. The smallest absolute Gasteiger partial charge is 0.214 e. The van der Waals surface area contributed by atoms with Gasteiger partial charge in [0.2, 0.25) is 6.41 Å². The molecule has 2 aromatic rings. The van der Waals surface area contributed by atoms with Gasteiger partial charge in [-0.1, -0.05) is 6.07 Å². The molecule has 0 radical (unpaired) electrons. The SMILES string of the molecule is O=CN1CCc2cc(-c3cncc(F)c3)ccc21. The normalized spacial score (nSPS) is 13.5. The number of carbonyl (C=O) groups excluding carboxylic acids is 1. The van der Waals surface area contributed by atoms with E-state index >= 15 is 0 Å². The van der Waals surface area contributed by atoms with E-state index in [1.54, 1.807) is 11.1 Å². The van der Waals surface area contributed by atoms with Crippen molar-refractivity contribution in [2.24, 2.45) is 0 Å². The largest absolute Gasteiger partial charge is 0.314 e. The molecule has 0 unspecified atom stereocenters. The summed E-state index contributed by atoms with van der Waals surface area (Å²) in [7, 11) is 0. The molecular weight excluding hydrogens is 231 g/mol. The third-order valence-corrected chi connectivity index (χ3v) is 3.18. The topological polar surface area (TPSA) is 33.2 Å². The second-order valence-electron chi connectivity index (χ2n) is 4.28. The highest BCUT2D eigenvalue weighted by molar-refractivity contribution is 5.81. The second kappa shape index (κ2) is 4.22. The number of halogens is 1. The molecule has 3 nitrogen and oxygen atoms in total. The summed E-state index contributed by atoms with van der Waals surface area (Å²) < 4.78 is 13.1. The number of nitrogens with zero attached hydrogens (tertiary/aromatic N) is 2. The molecule has 3 rings (SSSR count). The van der Waals surface area contributed by atoms with E-state index in [1.165, 1.54) is 12.3 Å². The molecule has 18 heavy (non-hydrogen) atoms. The third-order valence-electron chi connectivity index (χ3n) is 3.18. The lowest BCUT2D eigenvalue weighted by Crippen LogP contribution is -2.17. The maximum absolute atomic E-state index is 13.1. The molecule has 0 atom stereocenters. The fraction of sp³-hybridized carbons (Fsp3) is 0.143. The van der Waals surface area contributed by atoms with E-state index < -0.39 is 0 Å². The Morgan fingerprint density at radius 3 is 2.89 bits per heavy atom. The van der Waals surface area contributed by atoms with Gasteiger partial charge < -0.3 is 4.90 Å². The van der Waals surface area contributed by atoms with Crippen LogP contribution >= 0.6 is 0 Å². The Bertz CT molecular complexity index is 612. The summed E-state index contributed by atoms with van der Waals surface area (Å²) in [4.78, 5) is 16.4. The summed E-state index contributed by atoms with van der Waals surface area (Å²) in [6, 6.07) is 7.24. The molecule has 0 spiro atoms. The van der Waals surface area contributed by atoms with Crippen LogP contribution in [0.2, 0.25) is 0 Å². The number of rotatable bonds is 2. The number of carbonyl (C=O) groups is 1. The lowest BCUT2D eigenvalue weighted by atomic mass is 10.0. The first-order chi connectivity index (χ1) is 8.78. The van der Waals surface area contributed by atoms with Gasteiger partial charge in [-0.2, -0.15) is 0 Å². The molecule has 1 aliphatic rings. The lowest BCUT2D eigenvalue weighted by Gasteiger charge is -2.10. The van der Waals surface area contributed by atoms with Crippen LogP contribution in [0.25, 0.3) is 11.1 Å². The van der Waals surface area contributed by atoms with E-state index in [1.807, 2.05) is 18.2 Å². The van der Waals surface area contributed by atoms with Crippen molar-refractivity contribution in [2.75, 3.05) is 11.4 Å². The minimum Gasteiger partial charge on any atom is -0.314 e. The average molecular weight is 242 g/mol. The Labute approximate surface area is 104 Å². The molecule has 0 N–H and O–H groups in total. The second-order valence-corrected chi connectivity index (χ2v) is 4.28. The van der Waals surface area contributed by atoms with E-state index in [0.29, 0.717) is 6.54 Å². The molecule has 1 aliphatic heterocycles. The Kier molecular flexibility index (Phi) is 2.55. The average Bonchev–Trinajstić information content (AvgIpc) is 2.80. The van der Waals surface area contributed by atoms with E-state index in [2.05, 4.69) is 4.98 Å². The van der Waals surface area contributed by atoms with Gasteiger partial charge in [-0.3, -0.25) is 9.78 Å². The highest BCUT2D eigenvalue weighted by atomic mass is 19.1. The van der Waals surface area contributed by atoms with Gasteiger partial charge in [0.05, 0.1) is 6.20 Å². The molecule has 0 bridgehead atoms. The number of hydrogen-bond donors (Lipinski definition) is 0. The van der Waals surface area contributed by atoms with Gasteiger partial charge in [0.25, 0.3) is 0 Å². The Balaban J connectivity index is 2.04. The molecule has 0 fully saturated rings. The van der Waals surface area contributed by atoms with Gasteiger partial charge in [-0.15, -0.1) is 0 Å². The molecule has 0 aliphatic carbocycles. The number of pyridine rings is 1. The predicted octanol–water partition coefficient (Wildman–Crippen LogP) is 2.41. The van der Waals surface area contributed by atoms with Crippen LogP contribution in [0.4, 0.5) is 10.1 Å². The van der Waals surface area contributed by atoms with Gasteiger partial charge in [0, 0.05) is 24.0 Å². The highest BCUT2D eigenvalue weighted by Crippen LogP contribution is 2.31. The number of aromatic nitrogens is 1. The first kappa shape index (κ1) is 10.9. The molecule has 1 aromatic carbocycles. The fourth-order valence-corrected chi connectivity index (χ4v) is 2.29. The van der Waals surface area contributed by atoms with Crippen LogP contribution in [-0.2, 0) is 11.2 Å². The zero-order valence-corrected chi connectivity index (χ0v) is 9.64. The lowest BCUT2D eigenvalue weighted by molar-refractivity contribution is -0.107. The van der Waals surface area contributed by atoms with Crippen molar-refractivity contribution in [2.45, 2.75) is 6.42 Å². The summed E-state index contributed by atoms with van der Waals surface area (Å²) >= 11 is 0. The van der Waals surface area contributed by atoms with Crippen LogP contribution in [-0.4, -0.2) is 17.9 Å². The van der Waals surface area contributed by atoms with Crippen molar-refractivity contribution in [1.29, 1.82) is 0 Å². The van der Waals surface area contributed by atoms with Crippen LogP contribution in [0.15, 0.2) is 36.7 Å². The van der Waals surface area contributed by atoms with Crippen molar-refractivity contribution >= 4 is 12.1 Å². The maximum atomic E-state index is 13.1. The molecule has 2 heterocycles. The van der Waals surface area contributed by atoms with Gasteiger partial charge in [-0.05, 0) is 35.7 Å². The Morgan fingerprint density at radius 2 is 2.11 bits per heavy atom. The van der Waals surface area contributed by atoms with E-state index in [4.69, 9.17) is 0 Å². The van der Waals surface area contributed by atoms with Crippen molar-refractivity contribution in [1.82, 2.24) is 4.98 Å². The van der Waals surface area contributed by atoms with Crippen molar-refractivity contribution in [3.8, 4) is 11.1 Å². The summed E-state index contributed by atoms with van der Waals surface area (Å²) in [6.07, 6.45) is 4.50. The van der Waals surface area contributed by atoms with E-state index in [0.717, 1.165) is 35.2 Å². The standard InChI is InChI=1S/C14H11FN2O/c15-13-6-12(7-16-8-13)10-1-2-14-11(5-10)3-4-17(14)9-18/h1-2,5-9H,3-4H2. The van der Waals surface area contributed by atoms with Gasteiger partial charge in [0.15, 0.2) is 0 Å². The van der Waals surface area contributed by atoms with Crippen molar-refractivity contribution in [3.63, 3.8) is 0 Å². The van der Waals surface area contributed by atoms with Gasteiger partial charge in [-0.25, -0.2) is 4.39 Å². The number of fused-ring (bicyclic) bond motifs is 1. The Morgan fingerprint density at radius 1 is 1.22 bits per heavy atom. The molecule has 0 saturated carbocycles. The van der Waals surface area contributed by atoms with Crippen molar-refractivity contribution < 1.29 is 9.18 Å². The third kappa shape index (κ3) is 1.76. The Hall–Kier alpha value is -2.23. The summed E-state index contributed by atoms with van der Waals surface area (Å²) in [5.41, 5.74) is 3.73. The first-order valence-corrected chi connectivity index (χ1v) is 5.74. The molecular formula is C14H11FN2O. The minimum atomic E-state index is -0.345. The molecule has 0 saturated heterocycles. The highest BCUT2D eigenvalue weighted by Gasteiger charge is 2.18. The fourth-order valence-electron chi connectivity index (χ4n) is 2.29. The van der Waals surface area contributed by atoms with Crippen LogP contribution < -0.4 is 4.90 Å². The van der Waals surface area contributed by atoms with Crippen LogP contribution in [0.1, 0.15) is 5.56 Å². The van der Waals surface area contributed by atoms with Crippen molar-refractivity contribution in [3.05, 3.63) is 48.0 Å². The molecule has 4 heteroatoms. The summed E-state index contributed by atoms with van der Waals surface area (Å²) in [5, 5.41) is 0. The summed E-state index contributed by atoms with van der Waals surface area (Å²) in [6.45, 7) is 0.712. The maximum Gasteiger partial charge on any atom is 0.214 e. The predicted molar refractivity (Wildman–Crippen MR) is 66.7 cm³/mol. The van der Waals surface area contributed by atoms with Gasteiger partial charge in [0.1, 0.15) is 5.82 Å². The van der Waals surface area contributed by atoms with Gasteiger partial charge >= 0.3 is 0 Å². The summed E-state index contributed by atoms with van der Waals surface area (Å²) in [5.74, 6) is -0.345. The minimum absolute atomic E-state index is 0.345. The van der Waals surface area contributed by atoms with E-state index in [-0.39, 0.29) is 5.82 Å². The van der Waals surface area contributed by atoms with Crippen LogP contribution in [0.3, 0.4) is 0 Å². The number of hydrogen-bond acceptors (Lipinski definition) is 2. The number of amides is 1. The molecule has 1 aromatic heterocycles. The number of benzene rings is 1. The quantitative estimate of drug-likeness (QED) is 0.758. The van der Waals surface area contributed by atoms with Crippen LogP contribution in [0.5, 0.6) is 0 Å². The van der Waals surface area contributed by atoms with E-state index in [9.17, 15) is 9.18 Å².